The van der Waals surface area contributed by atoms with E-state index in [-0.39, 0.29) is 5.56 Å². The number of benzene rings is 2. The Hall–Kier alpha value is -2.80. The Morgan fingerprint density at radius 3 is 2.58 bits per heavy atom. The van der Waals surface area contributed by atoms with Crippen molar-refractivity contribution in [2.75, 3.05) is 5.32 Å². The maximum atomic E-state index is 12.7. The zero-order chi connectivity index (χ0) is 18.7. The van der Waals surface area contributed by atoms with E-state index in [1.807, 2.05) is 12.1 Å². The van der Waals surface area contributed by atoms with Gasteiger partial charge in [-0.05, 0) is 35.9 Å². The third kappa shape index (κ3) is 4.43. The number of aromatic nitrogens is 2. The smallest absolute Gasteiger partial charge is 0.319 e. The molecule has 2 aromatic carbocycles. The summed E-state index contributed by atoms with van der Waals surface area (Å²) in [6.07, 6.45) is -1.47. The first-order chi connectivity index (χ1) is 12.3. The summed E-state index contributed by atoms with van der Waals surface area (Å²) in [6, 6.07) is 11.5. The quantitative estimate of drug-likeness (QED) is 0.704. The summed E-state index contributed by atoms with van der Waals surface area (Å²) in [7, 11) is 0. The monoisotopic (exact) mass is 379 g/mol. The fraction of sp³-hybridized carbons (Fsp3) is 0.111. The minimum Gasteiger partial charge on any atom is -0.319 e. The van der Waals surface area contributed by atoms with Gasteiger partial charge in [0.1, 0.15) is 0 Å². The first kappa shape index (κ1) is 18.0. The van der Waals surface area contributed by atoms with Crippen LogP contribution in [0.3, 0.4) is 0 Å². The van der Waals surface area contributed by atoms with Crippen LogP contribution in [0.5, 0.6) is 0 Å². The van der Waals surface area contributed by atoms with Crippen LogP contribution in [-0.4, -0.2) is 15.7 Å². The molecule has 0 atom stereocenters. The molecular weight excluding hydrogens is 367 g/mol. The molecule has 3 rings (SSSR count). The van der Waals surface area contributed by atoms with Gasteiger partial charge in [0.15, 0.2) is 0 Å². The number of amides is 1. The number of halogens is 4. The van der Waals surface area contributed by atoms with Crippen LogP contribution < -0.4 is 5.32 Å². The van der Waals surface area contributed by atoms with Crippen LogP contribution in [0.25, 0.3) is 0 Å². The zero-order valence-electron chi connectivity index (χ0n) is 13.3. The van der Waals surface area contributed by atoms with Gasteiger partial charge in [0.25, 0.3) is 5.91 Å². The molecule has 0 aliphatic carbocycles. The van der Waals surface area contributed by atoms with Crippen molar-refractivity contribution in [3.63, 3.8) is 0 Å². The summed E-state index contributed by atoms with van der Waals surface area (Å²) < 4.78 is 39.8. The van der Waals surface area contributed by atoms with Gasteiger partial charge in [0.05, 0.1) is 24.0 Å². The lowest BCUT2D eigenvalue weighted by atomic mass is 10.1. The van der Waals surface area contributed by atoms with Crippen LogP contribution in [0.1, 0.15) is 21.5 Å². The molecule has 134 valence electrons. The van der Waals surface area contributed by atoms with E-state index >= 15 is 0 Å². The highest BCUT2D eigenvalue weighted by atomic mass is 35.5. The predicted molar refractivity (Wildman–Crippen MR) is 92.2 cm³/mol. The number of nitrogens with zero attached hydrogens (tertiary/aromatic N) is 2. The SMILES string of the molecule is O=C(Nc1cnn(Cc2ccc(Cl)cc2)c1)c1cccc(C(F)(F)F)c1. The maximum Gasteiger partial charge on any atom is 0.416 e. The van der Waals surface area contributed by atoms with Crippen LogP contribution in [0.4, 0.5) is 18.9 Å². The van der Waals surface area contributed by atoms with Gasteiger partial charge in [-0.2, -0.15) is 18.3 Å². The number of hydrogen-bond donors (Lipinski definition) is 1. The number of nitrogens with one attached hydrogen (secondary N) is 1. The van der Waals surface area contributed by atoms with Gasteiger partial charge in [-0.15, -0.1) is 0 Å². The van der Waals surface area contributed by atoms with Crippen molar-refractivity contribution < 1.29 is 18.0 Å². The Morgan fingerprint density at radius 2 is 1.88 bits per heavy atom. The average Bonchev–Trinajstić information content (AvgIpc) is 3.03. The van der Waals surface area contributed by atoms with Crippen molar-refractivity contribution in [1.29, 1.82) is 0 Å². The first-order valence-corrected chi connectivity index (χ1v) is 7.94. The zero-order valence-corrected chi connectivity index (χ0v) is 14.1. The van der Waals surface area contributed by atoms with Crippen molar-refractivity contribution in [3.8, 4) is 0 Å². The van der Waals surface area contributed by atoms with Crippen LogP contribution in [0, 0.1) is 0 Å². The van der Waals surface area contributed by atoms with Crippen molar-refractivity contribution in [1.82, 2.24) is 9.78 Å². The van der Waals surface area contributed by atoms with Gasteiger partial charge >= 0.3 is 6.18 Å². The number of rotatable bonds is 4. The molecule has 1 aromatic heterocycles. The van der Waals surface area contributed by atoms with Crippen molar-refractivity contribution in [3.05, 3.63) is 82.6 Å². The third-order valence-electron chi connectivity index (χ3n) is 3.60. The van der Waals surface area contributed by atoms with Crippen molar-refractivity contribution >= 4 is 23.2 Å². The lowest BCUT2D eigenvalue weighted by Crippen LogP contribution is -2.13. The molecule has 0 spiro atoms. The van der Waals surface area contributed by atoms with Crippen LogP contribution in [0.2, 0.25) is 5.02 Å². The van der Waals surface area contributed by atoms with E-state index in [0.717, 1.165) is 17.7 Å². The van der Waals surface area contributed by atoms with E-state index in [9.17, 15) is 18.0 Å². The molecule has 0 aliphatic heterocycles. The molecule has 1 N–H and O–H groups in total. The number of anilines is 1. The largest absolute Gasteiger partial charge is 0.416 e. The fourth-order valence-corrected chi connectivity index (χ4v) is 2.46. The Kier molecular flexibility index (Phi) is 4.99. The Bertz CT molecular complexity index is 920. The van der Waals surface area contributed by atoms with E-state index < -0.39 is 17.6 Å². The molecule has 26 heavy (non-hydrogen) atoms. The molecule has 0 unspecified atom stereocenters. The van der Waals surface area contributed by atoms with E-state index in [0.29, 0.717) is 17.3 Å². The summed E-state index contributed by atoms with van der Waals surface area (Å²) in [5.74, 6) is -0.637. The highest BCUT2D eigenvalue weighted by Crippen LogP contribution is 2.29. The van der Waals surface area contributed by atoms with Crippen LogP contribution in [0.15, 0.2) is 60.9 Å². The Balaban J connectivity index is 1.69. The molecule has 3 aromatic rings. The minimum absolute atomic E-state index is 0.0784. The number of carbonyl (C=O) groups is 1. The second kappa shape index (κ2) is 7.21. The summed E-state index contributed by atoms with van der Waals surface area (Å²) >= 11 is 5.83. The van der Waals surface area contributed by atoms with E-state index in [2.05, 4.69) is 10.4 Å². The Labute approximate surface area is 152 Å². The topological polar surface area (TPSA) is 46.9 Å². The third-order valence-corrected chi connectivity index (χ3v) is 3.85. The number of carbonyl (C=O) groups excluding carboxylic acids is 1. The van der Waals surface area contributed by atoms with E-state index in [1.54, 1.807) is 23.0 Å². The van der Waals surface area contributed by atoms with Crippen molar-refractivity contribution in [2.45, 2.75) is 12.7 Å². The second-order valence-corrected chi connectivity index (χ2v) is 6.02. The van der Waals surface area contributed by atoms with Gasteiger partial charge in [0, 0.05) is 16.8 Å². The fourth-order valence-electron chi connectivity index (χ4n) is 2.33. The molecule has 4 nitrogen and oxygen atoms in total. The Morgan fingerprint density at radius 1 is 1.15 bits per heavy atom. The molecule has 0 radical (unpaired) electrons. The molecule has 0 bridgehead atoms. The molecule has 1 heterocycles. The predicted octanol–water partition coefficient (Wildman–Crippen LogP) is 4.86. The summed E-state index contributed by atoms with van der Waals surface area (Å²) in [4.78, 5) is 12.2. The van der Waals surface area contributed by atoms with E-state index in [4.69, 9.17) is 11.6 Å². The second-order valence-electron chi connectivity index (χ2n) is 5.59. The average molecular weight is 380 g/mol. The summed E-state index contributed by atoms with van der Waals surface area (Å²) in [6.45, 7) is 0.469. The van der Waals surface area contributed by atoms with Crippen LogP contribution >= 0.6 is 11.6 Å². The van der Waals surface area contributed by atoms with Crippen LogP contribution in [-0.2, 0) is 12.7 Å². The highest BCUT2D eigenvalue weighted by molar-refractivity contribution is 6.30. The van der Waals surface area contributed by atoms with Crippen molar-refractivity contribution in [2.24, 2.45) is 0 Å². The van der Waals surface area contributed by atoms with Gasteiger partial charge in [-0.1, -0.05) is 29.8 Å². The van der Waals surface area contributed by atoms with Gasteiger partial charge in [-0.25, -0.2) is 0 Å². The molecule has 8 heteroatoms. The standard InChI is InChI=1S/C18H13ClF3N3O/c19-15-6-4-12(5-7-15)10-25-11-16(9-23-25)24-17(26)13-2-1-3-14(8-13)18(20,21)22/h1-9,11H,10H2,(H,24,26). The number of alkyl halides is 3. The van der Waals surface area contributed by atoms with E-state index in [1.165, 1.54) is 18.3 Å². The first-order valence-electron chi connectivity index (χ1n) is 7.57. The molecule has 0 fully saturated rings. The lowest BCUT2D eigenvalue weighted by Gasteiger charge is -2.08. The molecule has 1 amide bonds. The number of hydrogen-bond acceptors (Lipinski definition) is 2. The van der Waals surface area contributed by atoms with Gasteiger partial charge in [0.2, 0.25) is 0 Å². The van der Waals surface area contributed by atoms with Gasteiger partial charge < -0.3 is 5.32 Å². The summed E-state index contributed by atoms with van der Waals surface area (Å²) in [5.41, 5.74) is 0.406. The normalized spacial score (nSPS) is 11.4. The maximum absolute atomic E-state index is 12.7. The minimum atomic E-state index is -4.50. The molecular formula is C18H13ClF3N3O. The molecule has 0 aliphatic rings. The lowest BCUT2D eigenvalue weighted by molar-refractivity contribution is -0.137. The highest BCUT2D eigenvalue weighted by Gasteiger charge is 2.30. The molecule has 0 saturated carbocycles. The summed E-state index contributed by atoms with van der Waals surface area (Å²) in [5, 5.41) is 7.30. The molecule has 0 saturated heterocycles. The van der Waals surface area contributed by atoms with Gasteiger partial charge in [-0.3, -0.25) is 9.48 Å².